The first-order valence-electron chi connectivity index (χ1n) is 6.70. The van der Waals surface area contributed by atoms with Gasteiger partial charge >= 0.3 is 0 Å². The fourth-order valence-electron chi connectivity index (χ4n) is 3.06. The SMILES string of the molecule is CC1C(=O)N2CCCC2C(=O)N1c1c(F)cc(F)cc1Br. The van der Waals surface area contributed by atoms with Crippen molar-refractivity contribution in [1.82, 2.24) is 4.90 Å². The molecule has 2 heterocycles. The zero-order chi connectivity index (χ0) is 15.3. The molecule has 1 aromatic carbocycles. The van der Waals surface area contributed by atoms with Crippen molar-refractivity contribution >= 4 is 33.4 Å². The number of carbonyl (C=O) groups excluding carboxylic acids is 2. The summed E-state index contributed by atoms with van der Waals surface area (Å²) in [6.45, 7) is 2.12. The Kier molecular flexibility index (Phi) is 3.47. The van der Waals surface area contributed by atoms with Gasteiger partial charge < -0.3 is 4.90 Å². The van der Waals surface area contributed by atoms with Crippen molar-refractivity contribution in [2.45, 2.75) is 31.8 Å². The monoisotopic (exact) mass is 358 g/mol. The van der Waals surface area contributed by atoms with E-state index < -0.39 is 23.7 Å². The summed E-state index contributed by atoms with van der Waals surface area (Å²) in [5, 5.41) is 0. The third kappa shape index (κ3) is 2.14. The summed E-state index contributed by atoms with van der Waals surface area (Å²) in [7, 11) is 0. The average molecular weight is 359 g/mol. The molecule has 2 aliphatic rings. The lowest BCUT2D eigenvalue weighted by Gasteiger charge is -2.41. The summed E-state index contributed by atoms with van der Waals surface area (Å²) in [5.41, 5.74) is -0.0752. The molecule has 112 valence electrons. The molecule has 2 unspecified atom stereocenters. The minimum atomic E-state index is -0.860. The minimum Gasteiger partial charge on any atom is -0.329 e. The first kappa shape index (κ1) is 14.4. The molecule has 2 atom stereocenters. The predicted molar refractivity (Wildman–Crippen MR) is 75.7 cm³/mol. The molecule has 7 heteroatoms. The van der Waals surface area contributed by atoms with Crippen LogP contribution in [0.1, 0.15) is 19.8 Å². The van der Waals surface area contributed by atoms with Gasteiger partial charge in [0.15, 0.2) is 5.82 Å². The van der Waals surface area contributed by atoms with Gasteiger partial charge in [0.05, 0.1) is 5.69 Å². The standard InChI is InChI=1S/C14H13BrF2N2O2/c1-7-13(20)18-4-2-3-11(18)14(21)19(7)12-9(15)5-8(16)6-10(12)17/h5-7,11H,2-4H2,1H3. The molecule has 2 aliphatic heterocycles. The van der Waals surface area contributed by atoms with Gasteiger partial charge in [0, 0.05) is 17.1 Å². The van der Waals surface area contributed by atoms with E-state index >= 15 is 0 Å². The van der Waals surface area contributed by atoms with Crippen molar-refractivity contribution in [3.63, 3.8) is 0 Å². The lowest BCUT2D eigenvalue weighted by Crippen LogP contribution is -2.62. The normalized spacial score (nSPS) is 25.5. The first-order valence-corrected chi connectivity index (χ1v) is 7.49. The largest absolute Gasteiger partial charge is 0.329 e. The van der Waals surface area contributed by atoms with Crippen LogP contribution in [0.2, 0.25) is 0 Å². The molecule has 0 N–H and O–H groups in total. The van der Waals surface area contributed by atoms with Gasteiger partial charge in [0.25, 0.3) is 5.91 Å². The minimum absolute atomic E-state index is 0.0752. The van der Waals surface area contributed by atoms with Crippen LogP contribution in [-0.2, 0) is 9.59 Å². The van der Waals surface area contributed by atoms with Crippen molar-refractivity contribution in [3.05, 3.63) is 28.2 Å². The van der Waals surface area contributed by atoms with Gasteiger partial charge in [-0.15, -0.1) is 0 Å². The smallest absolute Gasteiger partial charge is 0.250 e. The Hall–Kier alpha value is -1.50. The first-order chi connectivity index (χ1) is 9.91. The van der Waals surface area contributed by atoms with E-state index in [1.807, 2.05) is 0 Å². The van der Waals surface area contributed by atoms with E-state index in [9.17, 15) is 18.4 Å². The Bertz CT molecular complexity index is 614. The molecule has 0 aliphatic carbocycles. The van der Waals surface area contributed by atoms with Crippen LogP contribution < -0.4 is 4.90 Å². The van der Waals surface area contributed by atoms with Gasteiger partial charge in [0.1, 0.15) is 17.9 Å². The Labute approximate surface area is 128 Å². The van der Waals surface area contributed by atoms with Crippen LogP contribution in [0.25, 0.3) is 0 Å². The predicted octanol–water partition coefficient (Wildman–Crippen LogP) is 2.45. The molecule has 3 rings (SSSR count). The van der Waals surface area contributed by atoms with Crippen LogP contribution in [0.4, 0.5) is 14.5 Å². The maximum absolute atomic E-state index is 14.1. The van der Waals surface area contributed by atoms with Gasteiger partial charge in [-0.25, -0.2) is 8.78 Å². The van der Waals surface area contributed by atoms with Crippen LogP contribution in [0.15, 0.2) is 16.6 Å². The number of fused-ring (bicyclic) bond motifs is 1. The van der Waals surface area contributed by atoms with Gasteiger partial charge in [-0.1, -0.05) is 0 Å². The van der Waals surface area contributed by atoms with Crippen LogP contribution in [-0.4, -0.2) is 35.3 Å². The topological polar surface area (TPSA) is 40.6 Å². The molecule has 2 fully saturated rings. The number of rotatable bonds is 1. The van der Waals surface area contributed by atoms with E-state index in [1.54, 1.807) is 11.8 Å². The quantitative estimate of drug-likeness (QED) is 0.773. The summed E-state index contributed by atoms with van der Waals surface area (Å²) in [6, 6.07) is 0.461. The van der Waals surface area contributed by atoms with E-state index in [4.69, 9.17) is 0 Å². The molecule has 4 nitrogen and oxygen atoms in total. The molecule has 0 aromatic heterocycles. The zero-order valence-electron chi connectivity index (χ0n) is 11.3. The Morgan fingerprint density at radius 1 is 1.24 bits per heavy atom. The number of carbonyl (C=O) groups is 2. The molecule has 0 saturated carbocycles. The summed E-state index contributed by atoms with van der Waals surface area (Å²) >= 11 is 3.08. The number of amides is 2. The molecule has 21 heavy (non-hydrogen) atoms. The number of halogens is 3. The Morgan fingerprint density at radius 3 is 2.62 bits per heavy atom. The van der Waals surface area contributed by atoms with E-state index in [-0.39, 0.29) is 22.0 Å². The highest BCUT2D eigenvalue weighted by atomic mass is 79.9. The number of nitrogens with zero attached hydrogens (tertiary/aromatic N) is 2. The van der Waals surface area contributed by atoms with Crippen molar-refractivity contribution < 1.29 is 18.4 Å². The van der Waals surface area contributed by atoms with Crippen molar-refractivity contribution in [1.29, 1.82) is 0 Å². The second-order valence-corrected chi connectivity index (χ2v) is 6.15. The van der Waals surface area contributed by atoms with Crippen molar-refractivity contribution in [3.8, 4) is 0 Å². The Balaban J connectivity index is 2.09. The van der Waals surface area contributed by atoms with Crippen LogP contribution in [0.3, 0.4) is 0 Å². The maximum atomic E-state index is 14.1. The second kappa shape index (κ2) is 5.05. The van der Waals surface area contributed by atoms with Crippen molar-refractivity contribution in [2.75, 3.05) is 11.4 Å². The lowest BCUT2D eigenvalue weighted by atomic mass is 10.0. The van der Waals surface area contributed by atoms with E-state index in [2.05, 4.69) is 15.9 Å². The summed E-state index contributed by atoms with van der Waals surface area (Å²) < 4.78 is 27.5. The second-order valence-electron chi connectivity index (χ2n) is 5.29. The van der Waals surface area contributed by atoms with Gasteiger partial charge in [-0.2, -0.15) is 0 Å². The molecule has 1 aromatic rings. The van der Waals surface area contributed by atoms with Gasteiger partial charge in [-0.3, -0.25) is 14.5 Å². The van der Waals surface area contributed by atoms with Gasteiger partial charge in [-0.05, 0) is 41.8 Å². The number of piperazine rings is 1. The number of hydrogen-bond acceptors (Lipinski definition) is 2. The molecular weight excluding hydrogens is 346 g/mol. The third-order valence-corrected chi connectivity index (χ3v) is 4.63. The highest BCUT2D eigenvalue weighted by Crippen LogP contribution is 2.36. The average Bonchev–Trinajstić information content (AvgIpc) is 2.88. The zero-order valence-corrected chi connectivity index (χ0v) is 12.9. The van der Waals surface area contributed by atoms with Crippen LogP contribution in [0, 0.1) is 11.6 Å². The van der Waals surface area contributed by atoms with Gasteiger partial charge in [0.2, 0.25) is 5.91 Å². The molecule has 0 radical (unpaired) electrons. The van der Waals surface area contributed by atoms with Crippen molar-refractivity contribution in [2.24, 2.45) is 0 Å². The summed E-state index contributed by atoms with van der Waals surface area (Å²) in [5.74, 6) is -2.12. The fourth-order valence-corrected chi connectivity index (χ4v) is 3.66. The Morgan fingerprint density at radius 2 is 1.95 bits per heavy atom. The molecule has 2 saturated heterocycles. The third-order valence-electron chi connectivity index (χ3n) is 4.03. The van der Waals surface area contributed by atoms with E-state index in [0.717, 1.165) is 17.4 Å². The molecule has 0 spiro atoms. The summed E-state index contributed by atoms with van der Waals surface area (Å²) in [6.07, 6.45) is 1.34. The number of hydrogen-bond donors (Lipinski definition) is 0. The number of anilines is 1. The fraction of sp³-hybridized carbons (Fsp3) is 0.429. The molecular formula is C14H13BrF2N2O2. The molecule has 2 amide bonds. The lowest BCUT2D eigenvalue weighted by molar-refractivity contribution is -0.143. The van der Waals surface area contributed by atoms with Crippen LogP contribution in [0.5, 0.6) is 0 Å². The number of benzene rings is 1. The molecule has 0 bridgehead atoms. The summed E-state index contributed by atoms with van der Waals surface area (Å²) in [4.78, 5) is 27.7. The van der Waals surface area contributed by atoms with E-state index in [1.165, 1.54) is 0 Å². The van der Waals surface area contributed by atoms with E-state index in [0.29, 0.717) is 19.0 Å². The van der Waals surface area contributed by atoms with Crippen LogP contribution >= 0.6 is 15.9 Å². The highest BCUT2D eigenvalue weighted by Gasteiger charge is 2.47. The maximum Gasteiger partial charge on any atom is 0.250 e. The highest BCUT2D eigenvalue weighted by molar-refractivity contribution is 9.10.